The molecule has 2 aromatic heterocycles. The molecule has 0 fully saturated rings. The Morgan fingerprint density at radius 2 is 1.96 bits per heavy atom. The number of rotatable bonds is 7. The Hall–Kier alpha value is -3.21. The predicted molar refractivity (Wildman–Crippen MR) is 110 cm³/mol. The lowest BCUT2D eigenvalue weighted by molar-refractivity contribution is -0.138. The van der Waals surface area contributed by atoms with Crippen LogP contribution in [0.5, 0.6) is 0 Å². The first-order valence-corrected chi connectivity index (χ1v) is 9.36. The average molecular weight is 375 g/mol. The summed E-state index contributed by atoms with van der Waals surface area (Å²) >= 11 is 0. The van der Waals surface area contributed by atoms with Gasteiger partial charge in [0.05, 0.1) is 18.2 Å². The topological polar surface area (TPSA) is 68.0 Å². The highest BCUT2D eigenvalue weighted by Gasteiger charge is 2.23. The van der Waals surface area contributed by atoms with Gasteiger partial charge in [-0.25, -0.2) is 0 Å². The lowest BCUT2D eigenvalue weighted by atomic mass is 9.93. The van der Waals surface area contributed by atoms with Crippen molar-refractivity contribution in [1.29, 1.82) is 0 Å². The molecule has 0 saturated heterocycles. The molecule has 5 heteroatoms. The third-order valence-electron chi connectivity index (χ3n) is 4.94. The summed E-state index contributed by atoms with van der Waals surface area (Å²) in [5.74, 6) is -1.45. The molecular weight excluding hydrogens is 350 g/mol. The lowest BCUT2D eigenvalue weighted by Gasteiger charge is -2.15. The number of pyridine rings is 1. The molecule has 28 heavy (non-hydrogen) atoms. The number of carbonyl (C=O) groups is 1. The van der Waals surface area contributed by atoms with E-state index in [-0.39, 0.29) is 0 Å². The van der Waals surface area contributed by atoms with Gasteiger partial charge in [0.25, 0.3) is 0 Å². The zero-order valence-corrected chi connectivity index (χ0v) is 16.5. The predicted octanol–water partition coefficient (Wildman–Crippen LogP) is 4.47. The molecular formula is C23H25N3O2. The molecule has 0 bridgehead atoms. The van der Waals surface area contributed by atoms with E-state index in [1.165, 1.54) is 0 Å². The maximum Gasteiger partial charge on any atom is 0.311 e. The van der Waals surface area contributed by atoms with Gasteiger partial charge in [-0.05, 0) is 55.7 Å². The van der Waals surface area contributed by atoms with E-state index in [2.05, 4.69) is 4.98 Å². The van der Waals surface area contributed by atoms with Gasteiger partial charge in [0, 0.05) is 24.5 Å². The second kappa shape index (κ2) is 8.65. The second-order valence-electron chi connectivity index (χ2n) is 7.01. The maximum absolute atomic E-state index is 12.0. The number of carboxylic acid groups (broad SMARTS) is 1. The fourth-order valence-electron chi connectivity index (χ4n) is 3.20. The number of aromatic nitrogens is 3. The Morgan fingerprint density at radius 1 is 1.21 bits per heavy atom. The van der Waals surface area contributed by atoms with Gasteiger partial charge in [-0.1, -0.05) is 35.9 Å². The van der Waals surface area contributed by atoms with Gasteiger partial charge in [-0.3, -0.25) is 14.5 Å². The van der Waals surface area contributed by atoms with Crippen LogP contribution in [0.25, 0.3) is 5.57 Å². The monoisotopic (exact) mass is 375 g/mol. The van der Waals surface area contributed by atoms with Crippen molar-refractivity contribution in [1.82, 2.24) is 14.8 Å². The molecule has 0 aliphatic heterocycles. The van der Waals surface area contributed by atoms with E-state index < -0.39 is 11.9 Å². The number of nitrogens with zero attached hydrogens (tertiary/aromatic N) is 3. The largest absolute Gasteiger partial charge is 0.481 e. The van der Waals surface area contributed by atoms with Crippen LogP contribution >= 0.6 is 0 Å². The maximum atomic E-state index is 12.0. The number of hydrogen-bond acceptors (Lipinski definition) is 3. The van der Waals surface area contributed by atoms with Crippen molar-refractivity contribution in [3.05, 3.63) is 89.0 Å². The molecule has 144 valence electrons. The van der Waals surface area contributed by atoms with Crippen molar-refractivity contribution in [3.63, 3.8) is 0 Å². The molecule has 1 atom stereocenters. The zero-order chi connectivity index (χ0) is 20.1. The number of aliphatic carboxylic acids is 1. The third kappa shape index (κ3) is 4.55. The third-order valence-corrected chi connectivity index (χ3v) is 4.94. The number of aryl methyl sites for hydroxylation is 1. The van der Waals surface area contributed by atoms with E-state index in [4.69, 9.17) is 5.10 Å². The molecule has 1 N–H and O–H groups in total. The van der Waals surface area contributed by atoms with E-state index in [0.29, 0.717) is 13.0 Å². The molecule has 1 aromatic carbocycles. The molecule has 5 nitrogen and oxygen atoms in total. The molecule has 1 unspecified atom stereocenters. The van der Waals surface area contributed by atoms with Crippen molar-refractivity contribution < 1.29 is 9.90 Å². The van der Waals surface area contributed by atoms with Crippen molar-refractivity contribution in [2.24, 2.45) is 0 Å². The highest BCUT2D eigenvalue weighted by atomic mass is 16.4. The van der Waals surface area contributed by atoms with Crippen LogP contribution < -0.4 is 0 Å². The smallest absolute Gasteiger partial charge is 0.311 e. The highest BCUT2D eigenvalue weighted by Crippen LogP contribution is 2.25. The summed E-state index contributed by atoms with van der Waals surface area (Å²) in [7, 11) is 0. The van der Waals surface area contributed by atoms with Crippen LogP contribution in [-0.2, 0) is 17.8 Å². The summed E-state index contributed by atoms with van der Waals surface area (Å²) in [6.07, 6.45) is 5.90. The minimum Gasteiger partial charge on any atom is -0.481 e. The number of allylic oxidation sites excluding steroid dienone is 2. The van der Waals surface area contributed by atoms with Crippen LogP contribution in [0.1, 0.15) is 47.8 Å². The standard InChI is InChI=1S/C23H25N3O2/c1-4-17(3)22-14-20(26(25-22)15-18-8-10-24-11-9-18)13-21(23(27)28)19-7-5-6-16(2)12-19/h4-12,14,21H,13,15H2,1-3H3,(H,27,28)/b17-4+. The molecule has 0 saturated carbocycles. The van der Waals surface area contributed by atoms with Gasteiger partial charge < -0.3 is 5.11 Å². The number of hydrogen-bond donors (Lipinski definition) is 1. The van der Waals surface area contributed by atoms with E-state index in [9.17, 15) is 9.90 Å². The van der Waals surface area contributed by atoms with Crippen LogP contribution in [0.4, 0.5) is 0 Å². The minimum atomic E-state index is -0.827. The van der Waals surface area contributed by atoms with Crippen molar-refractivity contribution in [2.45, 2.75) is 39.7 Å². The van der Waals surface area contributed by atoms with Crippen molar-refractivity contribution in [2.75, 3.05) is 0 Å². The Labute approximate surface area is 165 Å². The van der Waals surface area contributed by atoms with E-state index in [1.54, 1.807) is 12.4 Å². The summed E-state index contributed by atoms with van der Waals surface area (Å²) in [5.41, 5.74) is 5.79. The van der Waals surface area contributed by atoms with Crippen molar-refractivity contribution >= 4 is 11.5 Å². The molecule has 3 rings (SSSR count). The normalized spacial score (nSPS) is 12.8. The van der Waals surface area contributed by atoms with Gasteiger partial charge in [0.2, 0.25) is 0 Å². The minimum absolute atomic E-state index is 0.383. The van der Waals surface area contributed by atoms with Gasteiger partial charge >= 0.3 is 5.97 Å². The summed E-state index contributed by atoms with van der Waals surface area (Å²) < 4.78 is 1.91. The first kappa shape index (κ1) is 19.5. The van der Waals surface area contributed by atoms with Gasteiger partial charge in [-0.15, -0.1) is 0 Å². The summed E-state index contributed by atoms with van der Waals surface area (Å²) in [5, 5.41) is 14.6. The van der Waals surface area contributed by atoms with E-state index in [1.807, 2.05) is 74.0 Å². The fourth-order valence-corrected chi connectivity index (χ4v) is 3.20. The second-order valence-corrected chi connectivity index (χ2v) is 7.01. The first-order chi connectivity index (χ1) is 13.5. The van der Waals surface area contributed by atoms with Gasteiger partial charge in [0.15, 0.2) is 0 Å². The Morgan fingerprint density at radius 3 is 2.61 bits per heavy atom. The molecule has 0 amide bonds. The molecule has 2 heterocycles. The Kier molecular flexibility index (Phi) is 6.04. The van der Waals surface area contributed by atoms with Crippen LogP contribution in [0.15, 0.2) is 60.9 Å². The van der Waals surface area contributed by atoms with E-state index >= 15 is 0 Å². The first-order valence-electron chi connectivity index (χ1n) is 9.36. The molecule has 0 radical (unpaired) electrons. The number of carboxylic acids is 1. The van der Waals surface area contributed by atoms with Gasteiger partial charge in [0.1, 0.15) is 0 Å². The van der Waals surface area contributed by atoms with Crippen LogP contribution in [0, 0.1) is 6.92 Å². The van der Waals surface area contributed by atoms with Crippen molar-refractivity contribution in [3.8, 4) is 0 Å². The molecule has 0 aliphatic carbocycles. The quantitative estimate of drug-likeness (QED) is 0.662. The van der Waals surface area contributed by atoms with Crippen LogP contribution in [0.3, 0.4) is 0 Å². The summed E-state index contributed by atoms with van der Waals surface area (Å²) in [4.78, 5) is 16.1. The SMILES string of the molecule is C/C=C(\C)c1cc(CC(C(=O)O)c2cccc(C)c2)n(Cc2ccncc2)n1. The highest BCUT2D eigenvalue weighted by molar-refractivity contribution is 5.76. The molecule has 0 aliphatic rings. The lowest BCUT2D eigenvalue weighted by Crippen LogP contribution is -2.17. The molecule has 0 spiro atoms. The summed E-state index contributed by atoms with van der Waals surface area (Å²) in [6.45, 7) is 6.54. The Bertz CT molecular complexity index is 990. The van der Waals surface area contributed by atoms with Crippen LogP contribution in [0.2, 0.25) is 0 Å². The molecule has 3 aromatic rings. The number of benzene rings is 1. The summed E-state index contributed by atoms with van der Waals surface area (Å²) in [6, 6.07) is 13.6. The van der Waals surface area contributed by atoms with Crippen LogP contribution in [-0.4, -0.2) is 25.8 Å². The van der Waals surface area contributed by atoms with Gasteiger partial charge in [-0.2, -0.15) is 5.10 Å². The van der Waals surface area contributed by atoms with E-state index in [0.717, 1.165) is 33.7 Å². The Balaban J connectivity index is 1.98. The zero-order valence-electron chi connectivity index (χ0n) is 16.5. The average Bonchev–Trinajstić information content (AvgIpc) is 3.08. The fraction of sp³-hybridized carbons (Fsp3) is 0.261.